The van der Waals surface area contributed by atoms with Crippen molar-refractivity contribution in [1.82, 2.24) is 0 Å². The summed E-state index contributed by atoms with van der Waals surface area (Å²) in [6, 6.07) is 16.4. The normalized spacial score (nSPS) is 17.9. The number of furan rings is 1. The highest BCUT2D eigenvalue weighted by atomic mass is 16.3. The molecule has 3 aromatic rings. The molecule has 0 radical (unpaired) electrons. The molecule has 318 valence electrons. The summed E-state index contributed by atoms with van der Waals surface area (Å²) < 4.78 is 6.94. The first kappa shape index (κ1) is 43.8. The molecule has 0 saturated heterocycles. The summed E-state index contributed by atoms with van der Waals surface area (Å²) in [6.45, 7) is 24.9. The summed E-state index contributed by atoms with van der Waals surface area (Å²) in [6.07, 6.45) is 16.4. The fourth-order valence-corrected chi connectivity index (χ4v) is 8.77. The van der Waals surface area contributed by atoms with E-state index in [0.717, 1.165) is 61.0 Å². The van der Waals surface area contributed by atoms with E-state index in [9.17, 15) is 9.59 Å². The fraction of sp³-hybridized carbons (Fsp3) is 0.444. The Morgan fingerprint density at radius 2 is 0.787 bits per heavy atom. The zero-order chi connectivity index (χ0) is 44.1. The number of rotatable bonds is 6. The highest BCUT2D eigenvalue weighted by Crippen LogP contribution is 2.44. The minimum absolute atomic E-state index is 0.0440. The minimum atomic E-state index is -0.427. The van der Waals surface area contributed by atoms with Crippen molar-refractivity contribution in [2.24, 2.45) is 42.1 Å². The maximum Gasteiger partial charge on any atom is 0.186 e. The number of carbonyl (C=O) groups is 2. The van der Waals surface area contributed by atoms with E-state index in [1.54, 1.807) is 0 Å². The fourth-order valence-electron chi connectivity index (χ4n) is 8.77. The van der Waals surface area contributed by atoms with Crippen LogP contribution in [-0.2, 0) is 35.3 Å². The molecule has 61 heavy (non-hydrogen) atoms. The van der Waals surface area contributed by atoms with Crippen molar-refractivity contribution in [3.05, 3.63) is 140 Å². The Kier molecular flexibility index (Phi) is 11.9. The second-order valence-corrected chi connectivity index (χ2v) is 21.3. The zero-order valence-corrected chi connectivity index (χ0v) is 38.6. The minimum Gasteiger partial charge on any atom is -0.453 e. The number of allylic oxidation sites excluding steroid dienone is 10. The first-order valence-corrected chi connectivity index (χ1v) is 22.2. The topological polar surface area (TPSA) is 96.7 Å². The third kappa shape index (κ3) is 9.32. The summed E-state index contributed by atoms with van der Waals surface area (Å²) >= 11 is 0. The van der Waals surface area contributed by atoms with Gasteiger partial charge in [0, 0.05) is 33.4 Å². The lowest BCUT2D eigenvalue weighted by Gasteiger charge is -2.31. The molecule has 1 aromatic heterocycles. The SMILES string of the molecule is CC(C)(C)C1=CC(=C(/N=N/c2cccc3c2CCCC3)c2ccc(C(/N=N/c3cccc4c3CCCC4)=C3C=C(C(C)(C)C)C(=O)C(C(C)(C)C)=C3)o2)C=C(C(C)(C)C)C1=O. The third-order valence-electron chi connectivity index (χ3n) is 12.3. The van der Waals surface area contributed by atoms with Gasteiger partial charge in [0.2, 0.25) is 0 Å². The molecule has 0 amide bonds. The summed E-state index contributed by atoms with van der Waals surface area (Å²) in [5.41, 5.74) is 10.5. The molecule has 0 unspecified atom stereocenters. The van der Waals surface area contributed by atoms with E-state index >= 15 is 0 Å². The van der Waals surface area contributed by atoms with Gasteiger partial charge < -0.3 is 4.42 Å². The Morgan fingerprint density at radius 3 is 1.11 bits per heavy atom. The van der Waals surface area contributed by atoms with Crippen LogP contribution in [0.2, 0.25) is 0 Å². The predicted octanol–water partition coefficient (Wildman–Crippen LogP) is 15.1. The van der Waals surface area contributed by atoms with Gasteiger partial charge in [0.1, 0.15) is 11.4 Å². The van der Waals surface area contributed by atoms with E-state index in [4.69, 9.17) is 24.9 Å². The number of aryl methyl sites for hydroxylation is 2. The predicted molar refractivity (Wildman–Crippen MR) is 248 cm³/mol. The van der Waals surface area contributed by atoms with E-state index in [1.165, 1.54) is 35.1 Å². The van der Waals surface area contributed by atoms with Crippen molar-refractivity contribution in [2.75, 3.05) is 0 Å². The van der Waals surface area contributed by atoms with E-state index in [1.807, 2.05) is 48.6 Å². The molecule has 7 rings (SSSR count). The molecule has 7 heteroatoms. The molecular formula is C54H64N4O3. The molecule has 0 atom stereocenters. The van der Waals surface area contributed by atoms with Gasteiger partial charge in [-0.1, -0.05) is 107 Å². The van der Waals surface area contributed by atoms with Crippen LogP contribution in [0.15, 0.2) is 131 Å². The smallest absolute Gasteiger partial charge is 0.186 e. The van der Waals surface area contributed by atoms with Gasteiger partial charge in [0.25, 0.3) is 0 Å². The average molecular weight is 817 g/mol. The number of ketones is 2. The zero-order valence-electron chi connectivity index (χ0n) is 38.6. The van der Waals surface area contributed by atoms with E-state index in [2.05, 4.69) is 107 Å². The number of azo groups is 2. The van der Waals surface area contributed by atoms with E-state index in [0.29, 0.717) is 45.2 Å². The number of carbonyl (C=O) groups excluding carboxylic acids is 2. The Labute approximate surface area is 363 Å². The van der Waals surface area contributed by atoms with Crippen molar-refractivity contribution in [3.8, 4) is 0 Å². The van der Waals surface area contributed by atoms with Crippen molar-refractivity contribution in [1.29, 1.82) is 0 Å². The van der Waals surface area contributed by atoms with E-state index in [-0.39, 0.29) is 11.6 Å². The maximum absolute atomic E-state index is 14.1. The Morgan fingerprint density at radius 1 is 0.459 bits per heavy atom. The number of nitrogens with zero attached hydrogens (tertiary/aromatic N) is 4. The molecule has 0 saturated carbocycles. The summed E-state index contributed by atoms with van der Waals surface area (Å²) in [5, 5.41) is 20.0. The standard InChI is InChI=1S/C54H64N4O3/c1-51(2,3)39-29-35(30-40(49(39)59)52(4,5)6)47(57-55-43-25-17-21-33-19-13-15-23-37(33)43)45-27-28-46(61-45)48(58-56-44-26-18-22-34-20-14-16-24-38(34)44)36-31-41(53(7,8)9)50(60)42(32-36)54(10,11)12/h17-18,21-22,25-32H,13-16,19-20,23-24H2,1-12H3/b57-55+,58-56+. The molecular weight excluding hydrogens is 753 g/mol. The summed E-state index contributed by atoms with van der Waals surface area (Å²) in [5.74, 6) is 1.06. The van der Waals surface area contributed by atoms with Crippen LogP contribution in [0.25, 0.3) is 11.4 Å². The number of hydrogen-bond donors (Lipinski definition) is 0. The van der Waals surface area contributed by atoms with Crippen molar-refractivity contribution >= 4 is 34.3 Å². The highest BCUT2D eigenvalue weighted by Gasteiger charge is 2.37. The number of hydrogen-bond acceptors (Lipinski definition) is 7. The van der Waals surface area contributed by atoms with Crippen LogP contribution in [0, 0.1) is 21.7 Å². The quantitative estimate of drug-likeness (QED) is 0.232. The van der Waals surface area contributed by atoms with Gasteiger partial charge in [-0.05, 0) is 144 Å². The largest absolute Gasteiger partial charge is 0.453 e. The molecule has 0 N–H and O–H groups in total. The molecule has 4 aliphatic rings. The highest BCUT2D eigenvalue weighted by molar-refractivity contribution is 6.13. The molecule has 7 nitrogen and oxygen atoms in total. The lowest BCUT2D eigenvalue weighted by molar-refractivity contribution is -0.114. The molecule has 0 fully saturated rings. The van der Waals surface area contributed by atoms with Crippen LogP contribution in [0.3, 0.4) is 0 Å². The maximum atomic E-state index is 14.1. The van der Waals surface area contributed by atoms with Gasteiger partial charge >= 0.3 is 0 Å². The van der Waals surface area contributed by atoms with Gasteiger partial charge in [0.05, 0.1) is 11.4 Å². The monoisotopic (exact) mass is 816 g/mol. The Bertz CT molecular complexity index is 2290. The molecule has 4 aliphatic carbocycles. The van der Waals surface area contributed by atoms with Crippen LogP contribution in [0.5, 0.6) is 0 Å². The second-order valence-electron chi connectivity index (χ2n) is 21.3. The third-order valence-corrected chi connectivity index (χ3v) is 12.3. The lowest BCUT2D eigenvalue weighted by atomic mass is 9.71. The van der Waals surface area contributed by atoms with Crippen LogP contribution < -0.4 is 0 Å². The van der Waals surface area contributed by atoms with Gasteiger partial charge in [-0.2, -0.15) is 10.2 Å². The van der Waals surface area contributed by atoms with Gasteiger partial charge in [0.15, 0.2) is 23.1 Å². The molecule has 2 aromatic carbocycles. The molecule has 0 spiro atoms. The molecule has 0 bridgehead atoms. The number of fused-ring (bicyclic) bond motifs is 2. The van der Waals surface area contributed by atoms with Crippen molar-refractivity contribution in [3.63, 3.8) is 0 Å². The first-order valence-electron chi connectivity index (χ1n) is 22.2. The van der Waals surface area contributed by atoms with Crippen LogP contribution in [0.1, 0.15) is 143 Å². The lowest BCUT2D eigenvalue weighted by Crippen LogP contribution is -2.28. The summed E-state index contributed by atoms with van der Waals surface area (Å²) in [4.78, 5) is 28.3. The molecule has 1 heterocycles. The summed E-state index contributed by atoms with van der Waals surface area (Å²) in [7, 11) is 0. The van der Waals surface area contributed by atoms with Gasteiger partial charge in [-0.3, -0.25) is 9.59 Å². The van der Waals surface area contributed by atoms with Gasteiger partial charge in [-0.15, -0.1) is 10.2 Å². The first-order chi connectivity index (χ1) is 28.6. The number of benzene rings is 2. The second kappa shape index (κ2) is 16.5. The van der Waals surface area contributed by atoms with Crippen LogP contribution >= 0.6 is 0 Å². The average Bonchev–Trinajstić information content (AvgIpc) is 3.66. The van der Waals surface area contributed by atoms with Crippen LogP contribution in [0.4, 0.5) is 11.4 Å². The Hall–Kier alpha value is -5.30. The van der Waals surface area contributed by atoms with Crippen LogP contribution in [-0.4, -0.2) is 11.6 Å². The molecule has 0 aliphatic heterocycles. The van der Waals surface area contributed by atoms with Crippen molar-refractivity contribution in [2.45, 2.75) is 134 Å². The van der Waals surface area contributed by atoms with Gasteiger partial charge in [-0.25, -0.2) is 0 Å². The number of Topliss-reactive ketones (excluding diaryl/α,β-unsaturated/α-hetero) is 2. The van der Waals surface area contributed by atoms with E-state index < -0.39 is 21.7 Å². The Balaban J connectivity index is 1.48. The van der Waals surface area contributed by atoms with Crippen molar-refractivity contribution < 1.29 is 14.0 Å².